The highest BCUT2D eigenvalue weighted by Gasteiger charge is 2.21. The summed E-state index contributed by atoms with van der Waals surface area (Å²) in [6.07, 6.45) is 0. The normalized spacial score (nSPS) is 14.7. The van der Waals surface area contributed by atoms with Crippen molar-refractivity contribution < 1.29 is 9.53 Å². The van der Waals surface area contributed by atoms with Crippen LogP contribution in [0.2, 0.25) is 5.02 Å². The summed E-state index contributed by atoms with van der Waals surface area (Å²) in [4.78, 5) is 20.6. The largest absolute Gasteiger partial charge is 0.383 e. The Bertz CT molecular complexity index is 577. The Morgan fingerprint density at radius 3 is 2.42 bits per heavy atom. The van der Waals surface area contributed by atoms with Gasteiger partial charge in [0.15, 0.2) is 5.96 Å². The minimum absolute atomic E-state index is 0. The number of benzene rings is 1. The molecule has 1 amide bonds. The van der Waals surface area contributed by atoms with E-state index in [-0.39, 0.29) is 36.4 Å². The molecule has 9 heteroatoms. The van der Waals surface area contributed by atoms with E-state index in [9.17, 15) is 4.79 Å². The maximum absolute atomic E-state index is 12.4. The second-order valence-corrected chi connectivity index (χ2v) is 6.13. The minimum atomic E-state index is 0. The number of nitrogens with one attached hydrogen (secondary N) is 2. The number of methoxy groups -OCH3 is 1. The fourth-order valence-electron chi connectivity index (χ4n) is 2.63. The number of carbonyl (C=O) groups excluding carboxylic acids is 1. The highest BCUT2D eigenvalue weighted by Crippen LogP contribution is 2.19. The topological polar surface area (TPSA) is 69.2 Å². The van der Waals surface area contributed by atoms with E-state index in [2.05, 4.69) is 20.5 Å². The van der Waals surface area contributed by atoms with Crippen molar-refractivity contribution in [2.24, 2.45) is 4.99 Å². The Morgan fingerprint density at radius 1 is 1.19 bits per heavy atom. The average molecular weight is 496 g/mol. The van der Waals surface area contributed by atoms with E-state index in [4.69, 9.17) is 16.3 Å². The molecule has 1 aliphatic rings. The van der Waals surface area contributed by atoms with Gasteiger partial charge in [-0.2, -0.15) is 0 Å². The number of halogens is 2. The van der Waals surface area contributed by atoms with Crippen molar-refractivity contribution in [3.05, 3.63) is 29.3 Å². The standard InChI is InChI=1S/C17H26ClN5O2.HI/c1-19-17(20-7-12-25-2)21-13-16(24)23-10-8-22(9-11-23)15-5-3-14(18)4-6-15;/h3-6H,7-13H2,1-2H3,(H2,19,20,21);1H. The molecule has 0 unspecified atom stereocenters. The van der Waals surface area contributed by atoms with Crippen molar-refractivity contribution in [1.82, 2.24) is 15.5 Å². The van der Waals surface area contributed by atoms with Gasteiger partial charge in [-0.05, 0) is 24.3 Å². The Balaban J connectivity index is 0.00000338. The highest BCUT2D eigenvalue weighted by atomic mass is 127. The first-order chi connectivity index (χ1) is 12.1. The second kappa shape index (κ2) is 12.2. The lowest BCUT2D eigenvalue weighted by atomic mass is 10.2. The molecule has 1 heterocycles. The quantitative estimate of drug-likeness (QED) is 0.270. The monoisotopic (exact) mass is 495 g/mol. The molecule has 0 bridgehead atoms. The molecule has 0 saturated carbocycles. The van der Waals surface area contributed by atoms with Crippen molar-refractivity contribution in [3.63, 3.8) is 0 Å². The zero-order valence-corrected chi connectivity index (χ0v) is 18.3. The van der Waals surface area contributed by atoms with E-state index in [1.807, 2.05) is 29.2 Å². The van der Waals surface area contributed by atoms with Crippen LogP contribution in [0.15, 0.2) is 29.3 Å². The molecular formula is C17H27ClIN5O2. The van der Waals surface area contributed by atoms with Crippen LogP contribution in [-0.4, -0.2) is 76.8 Å². The number of hydrogen-bond donors (Lipinski definition) is 2. The van der Waals surface area contributed by atoms with Gasteiger partial charge in [0.2, 0.25) is 5.91 Å². The van der Waals surface area contributed by atoms with Gasteiger partial charge in [0.05, 0.1) is 13.2 Å². The summed E-state index contributed by atoms with van der Waals surface area (Å²) in [5.41, 5.74) is 1.14. The summed E-state index contributed by atoms with van der Waals surface area (Å²) >= 11 is 5.93. The number of guanidine groups is 1. The Morgan fingerprint density at radius 2 is 1.85 bits per heavy atom. The lowest BCUT2D eigenvalue weighted by Crippen LogP contribution is -2.52. The van der Waals surface area contributed by atoms with E-state index in [1.54, 1.807) is 14.2 Å². The second-order valence-electron chi connectivity index (χ2n) is 5.69. The number of nitrogens with zero attached hydrogens (tertiary/aromatic N) is 3. The van der Waals surface area contributed by atoms with Gasteiger partial charge in [0.1, 0.15) is 0 Å². The van der Waals surface area contributed by atoms with Crippen LogP contribution >= 0.6 is 35.6 Å². The zero-order valence-electron chi connectivity index (χ0n) is 15.2. The number of ether oxygens (including phenoxy) is 1. The van der Waals surface area contributed by atoms with Crippen LogP contribution in [0.25, 0.3) is 0 Å². The maximum Gasteiger partial charge on any atom is 0.242 e. The molecular weight excluding hydrogens is 469 g/mol. The van der Waals surface area contributed by atoms with Crippen molar-refractivity contribution in [2.75, 3.05) is 64.9 Å². The van der Waals surface area contributed by atoms with Gasteiger partial charge in [0, 0.05) is 57.6 Å². The van der Waals surface area contributed by atoms with Gasteiger partial charge in [-0.1, -0.05) is 11.6 Å². The predicted molar refractivity (Wildman–Crippen MR) is 117 cm³/mol. The van der Waals surface area contributed by atoms with Crippen LogP contribution in [0.4, 0.5) is 5.69 Å². The molecule has 2 rings (SSSR count). The first-order valence-electron chi connectivity index (χ1n) is 8.36. The number of amides is 1. The van der Waals surface area contributed by atoms with Crippen LogP contribution < -0.4 is 15.5 Å². The molecule has 0 aromatic heterocycles. The van der Waals surface area contributed by atoms with E-state index in [0.29, 0.717) is 32.2 Å². The zero-order chi connectivity index (χ0) is 18.1. The molecule has 0 atom stereocenters. The number of rotatable bonds is 6. The van der Waals surface area contributed by atoms with E-state index < -0.39 is 0 Å². The number of hydrogen-bond acceptors (Lipinski definition) is 4. The molecule has 1 aliphatic heterocycles. The summed E-state index contributed by atoms with van der Waals surface area (Å²) in [5, 5.41) is 6.86. The number of aliphatic imine (C=N–C) groups is 1. The Hall–Kier alpha value is -1.26. The van der Waals surface area contributed by atoms with Crippen molar-refractivity contribution in [2.45, 2.75) is 0 Å². The van der Waals surface area contributed by atoms with Gasteiger partial charge in [-0.15, -0.1) is 24.0 Å². The third kappa shape index (κ3) is 7.16. The predicted octanol–water partition coefficient (Wildman–Crippen LogP) is 1.42. The highest BCUT2D eigenvalue weighted by molar-refractivity contribution is 14.0. The van der Waals surface area contributed by atoms with Crippen molar-refractivity contribution in [3.8, 4) is 0 Å². The SMILES string of the molecule is CN=C(NCCOC)NCC(=O)N1CCN(c2ccc(Cl)cc2)CC1.I. The van der Waals surface area contributed by atoms with Crippen LogP contribution in [0, 0.1) is 0 Å². The number of carbonyl (C=O) groups is 1. The van der Waals surface area contributed by atoms with Gasteiger partial charge in [0.25, 0.3) is 0 Å². The fraction of sp³-hybridized carbons (Fsp3) is 0.529. The third-order valence-electron chi connectivity index (χ3n) is 4.05. The smallest absolute Gasteiger partial charge is 0.242 e. The van der Waals surface area contributed by atoms with Crippen LogP contribution in [0.3, 0.4) is 0 Å². The summed E-state index contributed by atoms with van der Waals surface area (Å²) in [5.74, 6) is 0.677. The molecule has 0 radical (unpaired) electrons. The maximum atomic E-state index is 12.4. The van der Waals surface area contributed by atoms with Crippen LogP contribution in [0.5, 0.6) is 0 Å². The Kier molecular flexibility index (Phi) is 10.7. The molecule has 146 valence electrons. The number of piperazine rings is 1. The molecule has 1 fully saturated rings. The molecule has 7 nitrogen and oxygen atoms in total. The molecule has 0 spiro atoms. The molecule has 2 N–H and O–H groups in total. The average Bonchev–Trinajstić information content (AvgIpc) is 2.65. The molecule has 1 aromatic carbocycles. The summed E-state index contributed by atoms with van der Waals surface area (Å²) in [6.45, 7) is 4.50. The molecule has 26 heavy (non-hydrogen) atoms. The summed E-state index contributed by atoms with van der Waals surface area (Å²) in [7, 11) is 3.32. The third-order valence-corrected chi connectivity index (χ3v) is 4.31. The van der Waals surface area contributed by atoms with Gasteiger partial charge in [-0.25, -0.2) is 0 Å². The first-order valence-corrected chi connectivity index (χ1v) is 8.73. The molecule has 0 aliphatic carbocycles. The lowest BCUT2D eigenvalue weighted by molar-refractivity contribution is -0.130. The Labute approximate surface area is 177 Å². The van der Waals surface area contributed by atoms with Crippen molar-refractivity contribution in [1.29, 1.82) is 0 Å². The lowest BCUT2D eigenvalue weighted by Gasteiger charge is -2.36. The van der Waals surface area contributed by atoms with Crippen molar-refractivity contribution >= 4 is 53.1 Å². The fourth-order valence-corrected chi connectivity index (χ4v) is 2.76. The van der Waals surface area contributed by atoms with Gasteiger partial charge < -0.3 is 25.2 Å². The molecule has 1 saturated heterocycles. The summed E-state index contributed by atoms with van der Waals surface area (Å²) < 4.78 is 4.98. The minimum Gasteiger partial charge on any atom is -0.383 e. The molecule has 1 aromatic rings. The van der Waals surface area contributed by atoms with E-state index in [0.717, 1.165) is 23.8 Å². The van der Waals surface area contributed by atoms with E-state index in [1.165, 1.54) is 0 Å². The van der Waals surface area contributed by atoms with Gasteiger partial charge in [-0.3, -0.25) is 9.79 Å². The van der Waals surface area contributed by atoms with Crippen LogP contribution in [-0.2, 0) is 9.53 Å². The van der Waals surface area contributed by atoms with Gasteiger partial charge >= 0.3 is 0 Å². The number of anilines is 1. The summed E-state index contributed by atoms with van der Waals surface area (Å²) in [6, 6.07) is 7.80. The first kappa shape index (κ1) is 22.8. The van der Waals surface area contributed by atoms with E-state index >= 15 is 0 Å². The van der Waals surface area contributed by atoms with Crippen LogP contribution in [0.1, 0.15) is 0 Å².